The van der Waals surface area contributed by atoms with Gasteiger partial charge in [0.05, 0.1) is 6.04 Å². The van der Waals surface area contributed by atoms with Crippen LogP contribution in [-0.2, 0) is 23.9 Å². The molecule has 8 nitrogen and oxygen atoms in total. The fourth-order valence-corrected chi connectivity index (χ4v) is 4.48. The van der Waals surface area contributed by atoms with E-state index >= 15 is 0 Å². The van der Waals surface area contributed by atoms with Gasteiger partial charge in [-0.15, -0.1) is 0 Å². The van der Waals surface area contributed by atoms with Gasteiger partial charge in [0.2, 0.25) is 11.8 Å². The van der Waals surface area contributed by atoms with E-state index in [0.29, 0.717) is 19.4 Å². The number of unbranched alkanes of at least 4 members (excludes halogenated alkanes) is 13. The average molecular weight is 568 g/mol. The van der Waals surface area contributed by atoms with E-state index in [1.54, 1.807) is 20.8 Å². The molecule has 2 unspecified atom stereocenters. The lowest BCUT2D eigenvalue weighted by Gasteiger charge is -2.24. The number of hydrogen-bond acceptors (Lipinski definition) is 6. The quantitative estimate of drug-likeness (QED) is 0.0880. The van der Waals surface area contributed by atoms with Crippen LogP contribution >= 0.6 is 0 Å². The van der Waals surface area contributed by atoms with Crippen LogP contribution in [0, 0.1) is 0 Å². The van der Waals surface area contributed by atoms with Crippen LogP contribution in [0.5, 0.6) is 0 Å². The number of carbonyl (C=O) groups excluding carboxylic acids is 4. The fourth-order valence-electron chi connectivity index (χ4n) is 4.48. The van der Waals surface area contributed by atoms with Gasteiger partial charge in [-0.05, 0) is 59.8 Å². The number of ether oxygens (including phenoxy) is 1. The molecule has 0 spiro atoms. The molecule has 4 N–H and O–H groups in total. The third-order valence-corrected chi connectivity index (χ3v) is 6.98. The molecule has 0 radical (unpaired) electrons. The standard InChI is InChI=1S/C32H61N3O5/c1-6-7-8-9-10-11-12-13-14-15-16-17-18-22-30(38)35-28(31(39)40-32(3,4)5)23-24-29(37)34-25-20-19-21-27(33)26(2)36/h27-28H,6-25,33H2,1-5H3,(H,34,37)(H,35,38). The van der Waals surface area contributed by atoms with E-state index in [-0.39, 0.29) is 30.4 Å². The Hall–Kier alpha value is -1.96. The van der Waals surface area contributed by atoms with Gasteiger partial charge in [-0.1, -0.05) is 84.0 Å². The zero-order valence-corrected chi connectivity index (χ0v) is 26.4. The van der Waals surface area contributed by atoms with E-state index < -0.39 is 23.7 Å². The Balaban J connectivity index is 4.23. The number of carbonyl (C=O) groups is 4. The molecule has 0 rings (SSSR count). The average Bonchev–Trinajstić information content (AvgIpc) is 2.87. The van der Waals surface area contributed by atoms with Crippen LogP contribution < -0.4 is 16.4 Å². The van der Waals surface area contributed by atoms with Crippen LogP contribution in [0.3, 0.4) is 0 Å². The Kier molecular flexibility index (Phi) is 22.6. The number of Topliss-reactive ketones (excluding diaryl/α,β-unsaturated/α-hetero) is 1. The van der Waals surface area contributed by atoms with Crippen molar-refractivity contribution >= 4 is 23.6 Å². The van der Waals surface area contributed by atoms with Crippen molar-refractivity contribution in [1.29, 1.82) is 0 Å². The second-order valence-corrected chi connectivity index (χ2v) is 12.2. The number of nitrogens with two attached hydrogens (primary N) is 1. The number of nitrogens with one attached hydrogen (secondary N) is 2. The number of rotatable bonds is 25. The van der Waals surface area contributed by atoms with E-state index in [4.69, 9.17) is 10.5 Å². The van der Waals surface area contributed by atoms with Crippen LogP contribution in [0.25, 0.3) is 0 Å². The Morgan fingerprint density at radius 2 is 1.23 bits per heavy atom. The van der Waals surface area contributed by atoms with Gasteiger partial charge in [0.1, 0.15) is 17.4 Å². The molecule has 0 aliphatic heterocycles. The largest absolute Gasteiger partial charge is 0.458 e. The summed E-state index contributed by atoms with van der Waals surface area (Å²) in [5, 5.41) is 5.63. The first-order valence-corrected chi connectivity index (χ1v) is 16.0. The zero-order valence-electron chi connectivity index (χ0n) is 26.4. The van der Waals surface area contributed by atoms with Crippen molar-refractivity contribution < 1.29 is 23.9 Å². The molecule has 8 heteroatoms. The molecular formula is C32H61N3O5. The molecule has 0 saturated carbocycles. The van der Waals surface area contributed by atoms with Gasteiger partial charge in [-0.2, -0.15) is 0 Å². The molecule has 0 heterocycles. The third kappa shape index (κ3) is 23.9. The third-order valence-electron chi connectivity index (χ3n) is 6.98. The Morgan fingerprint density at radius 3 is 1.73 bits per heavy atom. The van der Waals surface area contributed by atoms with Crippen LogP contribution in [-0.4, -0.2) is 47.8 Å². The lowest BCUT2D eigenvalue weighted by atomic mass is 10.0. The fraction of sp³-hybridized carbons (Fsp3) is 0.875. The predicted molar refractivity (Wildman–Crippen MR) is 163 cm³/mol. The molecule has 0 aliphatic carbocycles. The predicted octanol–water partition coefficient (Wildman–Crippen LogP) is 6.28. The first-order chi connectivity index (χ1) is 19.0. The highest BCUT2D eigenvalue weighted by Crippen LogP contribution is 2.14. The summed E-state index contributed by atoms with van der Waals surface area (Å²) in [6.45, 7) is 9.54. The molecule has 234 valence electrons. The summed E-state index contributed by atoms with van der Waals surface area (Å²) >= 11 is 0. The van der Waals surface area contributed by atoms with Crippen molar-refractivity contribution in [3.8, 4) is 0 Å². The lowest BCUT2D eigenvalue weighted by Crippen LogP contribution is -2.44. The molecule has 0 bridgehead atoms. The topological polar surface area (TPSA) is 128 Å². The summed E-state index contributed by atoms with van der Waals surface area (Å²) in [5.74, 6) is -0.915. The smallest absolute Gasteiger partial charge is 0.329 e. The maximum Gasteiger partial charge on any atom is 0.329 e. The lowest BCUT2D eigenvalue weighted by molar-refractivity contribution is -0.159. The molecular weight excluding hydrogens is 506 g/mol. The van der Waals surface area contributed by atoms with Gasteiger partial charge in [0, 0.05) is 19.4 Å². The Labute approximate surface area is 244 Å². The zero-order chi connectivity index (χ0) is 30.2. The van der Waals surface area contributed by atoms with Gasteiger partial charge in [-0.25, -0.2) is 4.79 Å². The molecule has 40 heavy (non-hydrogen) atoms. The number of hydrogen-bond donors (Lipinski definition) is 3. The molecule has 0 saturated heterocycles. The van der Waals surface area contributed by atoms with Crippen molar-refractivity contribution in [3.63, 3.8) is 0 Å². The Morgan fingerprint density at radius 1 is 0.700 bits per heavy atom. The second-order valence-electron chi connectivity index (χ2n) is 12.2. The minimum Gasteiger partial charge on any atom is -0.458 e. The van der Waals surface area contributed by atoms with Crippen molar-refractivity contribution in [2.45, 2.75) is 174 Å². The van der Waals surface area contributed by atoms with Gasteiger partial charge in [0.25, 0.3) is 0 Å². The van der Waals surface area contributed by atoms with E-state index in [0.717, 1.165) is 32.1 Å². The van der Waals surface area contributed by atoms with Gasteiger partial charge < -0.3 is 21.1 Å². The SMILES string of the molecule is CCCCCCCCCCCCCCCC(=O)NC(CCC(=O)NCCCCC(N)C(C)=O)C(=O)OC(C)(C)C. The minimum atomic E-state index is -0.854. The number of amides is 2. The summed E-state index contributed by atoms with van der Waals surface area (Å²) < 4.78 is 5.49. The van der Waals surface area contributed by atoms with Crippen LogP contribution in [0.15, 0.2) is 0 Å². The highest BCUT2D eigenvalue weighted by molar-refractivity contribution is 5.85. The van der Waals surface area contributed by atoms with Gasteiger partial charge in [-0.3, -0.25) is 14.4 Å². The van der Waals surface area contributed by atoms with Crippen molar-refractivity contribution in [2.75, 3.05) is 6.54 Å². The molecule has 2 amide bonds. The summed E-state index contributed by atoms with van der Waals surface area (Å²) in [7, 11) is 0. The first-order valence-electron chi connectivity index (χ1n) is 16.0. The van der Waals surface area contributed by atoms with Crippen LogP contribution in [0.4, 0.5) is 0 Å². The van der Waals surface area contributed by atoms with Gasteiger partial charge >= 0.3 is 5.97 Å². The summed E-state index contributed by atoms with van der Waals surface area (Å²) in [6, 6.07) is -1.30. The molecule has 2 atom stereocenters. The molecule has 0 fully saturated rings. The van der Waals surface area contributed by atoms with Crippen LogP contribution in [0.2, 0.25) is 0 Å². The van der Waals surface area contributed by atoms with E-state index in [2.05, 4.69) is 17.6 Å². The Bertz CT molecular complexity index is 705. The maximum absolute atomic E-state index is 12.7. The van der Waals surface area contributed by atoms with E-state index in [9.17, 15) is 19.2 Å². The monoisotopic (exact) mass is 567 g/mol. The van der Waals surface area contributed by atoms with Gasteiger partial charge in [0.15, 0.2) is 0 Å². The van der Waals surface area contributed by atoms with E-state index in [1.807, 2.05) is 0 Å². The van der Waals surface area contributed by atoms with Crippen molar-refractivity contribution in [3.05, 3.63) is 0 Å². The molecule has 0 aromatic heterocycles. The number of ketones is 1. The highest BCUT2D eigenvalue weighted by Gasteiger charge is 2.27. The normalized spacial score (nSPS) is 12.9. The highest BCUT2D eigenvalue weighted by atomic mass is 16.6. The van der Waals surface area contributed by atoms with Crippen molar-refractivity contribution in [2.24, 2.45) is 5.73 Å². The molecule has 0 aromatic carbocycles. The minimum absolute atomic E-state index is 0.0339. The molecule has 0 aliphatic rings. The number of esters is 1. The summed E-state index contributed by atoms with van der Waals surface area (Å²) in [6.07, 6.45) is 18.8. The van der Waals surface area contributed by atoms with Crippen molar-refractivity contribution in [1.82, 2.24) is 10.6 Å². The summed E-state index contributed by atoms with van der Waals surface area (Å²) in [4.78, 5) is 48.8. The second kappa shape index (κ2) is 23.7. The maximum atomic E-state index is 12.7. The summed E-state index contributed by atoms with van der Waals surface area (Å²) in [5.41, 5.74) is 5.04. The van der Waals surface area contributed by atoms with E-state index in [1.165, 1.54) is 71.1 Å². The molecule has 0 aromatic rings. The van der Waals surface area contributed by atoms with Crippen LogP contribution in [0.1, 0.15) is 157 Å². The first kappa shape index (κ1) is 38.0.